The van der Waals surface area contributed by atoms with Gasteiger partial charge in [0.05, 0.1) is 0 Å². The molecular formula is C16H18N2O2. The maximum atomic E-state index is 5.86. The van der Waals surface area contributed by atoms with E-state index in [1.807, 2.05) is 30.5 Å². The molecule has 0 saturated heterocycles. The molecule has 20 heavy (non-hydrogen) atoms. The van der Waals surface area contributed by atoms with Crippen LogP contribution in [0.2, 0.25) is 0 Å². The second kappa shape index (κ2) is 5.51. The smallest absolute Gasteiger partial charge is 0.131 e. The molecule has 0 amide bonds. The molecule has 0 saturated carbocycles. The number of rotatable bonds is 4. The lowest BCUT2D eigenvalue weighted by Crippen LogP contribution is -2.26. The predicted octanol–water partition coefficient (Wildman–Crippen LogP) is 2.76. The lowest BCUT2D eigenvalue weighted by molar-refractivity contribution is 0.276. The van der Waals surface area contributed by atoms with Crippen molar-refractivity contribution in [2.24, 2.45) is 5.73 Å². The largest absolute Gasteiger partial charge is 0.492 e. The van der Waals surface area contributed by atoms with Crippen LogP contribution in [0.5, 0.6) is 11.5 Å². The molecule has 2 heterocycles. The van der Waals surface area contributed by atoms with E-state index in [0.717, 1.165) is 29.0 Å². The highest BCUT2D eigenvalue weighted by Gasteiger charge is 2.17. The Kier molecular flexibility index (Phi) is 3.56. The Hall–Kier alpha value is -2.07. The van der Waals surface area contributed by atoms with Gasteiger partial charge in [-0.25, -0.2) is 0 Å². The first-order chi connectivity index (χ1) is 9.78. The minimum Gasteiger partial charge on any atom is -0.492 e. The minimum atomic E-state index is 0.0683. The highest BCUT2D eigenvalue weighted by Crippen LogP contribution is 2.39. The van der Waals surface area contributed by atoms with Gasteiger partial charge in [-0.1, -0.05) is 6.92 Å². The fourth-order valence-electron chi connectivity index (χ4n) is 2.22. The molecule has 0 spiro atoms. The first-order valence-corrected chi connectivity index (χ1v) is 6.86. The van der Waals surface area contributed by atoms with Crippen LogP contribution in [0, 0.1) is 0 Å². The molecule has 0 unspecified atom stereocenters. The number of nitrogens with two attached hydrogens (primary N) is 1. The first-order valence-electron chi connectivity index (χ1n) is 6.86. The Morgan fingerprint density at radius 1 is 1.35 bits per heavy atom. The summed E-state index contributed by atoms with van der Waals surface area (Å²) < 4.78 is 11.5. The van der Waals surface area contributed by atoms with E-state index in [1.54, 1.807) is 6.20 Å². The van der Waals surface area contributed by atoms with Crippen molar-refractivity contribution < 1.29 is 9.47 Å². The van der Waals surface area contributed by atoms with Gasteiger partial charge in [0.1, 0.15) is 24.7 Å². The molecule has 1 aliphatic rings. The van der Waals surface area contributed by atoms with Gasteiger partial charge >= 0.3 is 0 Å². The first kappa shape index (κ1) is 12.9. The van der Waals surface area contributed by atoms with Crippen LogP contribution < -0.4 is 15.2 Å². The van der Waals surface area contributed by atoms with Crippen LogP contribution in [-0.4, -0.2) is 17.6 Å². The maximum Gasteiger partial charge on any atom is 0.131 e. The van der Waals surface area contributed by atoms with Crippen molar-refractivity contribution in [2.75, 3.05) is 6.61 Å². The molecule has 0 aliphatic carbocycles. The normalized spacial score (nSPS) is 13.9. The van der Waals surface area contributed by atoms with Crippen molar-refractivity contribution in [3.63, 3.8) is 0 Å². The van der Waals surface area contributed by atoms with Crippen molar-refractivity contribution in [3.8, 4) is 22.6 Å². The molecule has 1 atom stereocenters. The summed E-state index contributed by atoms with van der Waals surface area (Å²) >= 11 is 0. The van der Waals surface area contributed by atoms with E-state index in [0.29, 0.717) is 13.2 Å². The molecular weight excluding hydrogens is 252 g/mol. The predicted molar refractivity (Wildman–Crippen MR) is 77.8 cm³/mol. The molecule has 4 nitrogen and oxygen atoms in total. The lowest BCUT2D eigenvalue weighted by atomic mass is 9.99. The summed E-state index contributed by atoms with van der Waals surface area (Å²) in [7, 11) is 0. The van der Waals surface area contributed by atoms with Gasteiger partial charge in [0.25, 0.3) is 0 Å². The molecule has 3 rings (SSSR count). The summed E-state index contributed by atoms with van der Waals surface area (Å²) in [5, 5.41) is 0. The highest BCUT2D eigenvalue weighted by atomic mass is 16.5. The lowest BCUT2D eigenvalue weighted by Gasteiger charge is -2.21. The fourth-order valence-corrected chi connectivity index (χ4v) is 2.22. The van der Waals surface area contributed by atoms with Crippen LogP contribution in [0.25, 0.3) is 11.1 Å². The Labute approximate surface area is 118 Å². The van der Waals surface area contributed by atoms with Crippen molar-refractivity contribution in [3.05, 3.63) is 42.2 Å². The number of hydrogen-bond donors (Lipinski definition) is 1. The molecule has 1 aromatic heterocycles. The Morgan fingerprint density at radius 3 is 3.10 bits per heavy atom. The van der Waals surface area contributed by atoms with Gasteiger partial charge in [0, 0.05) is 35.6 Å². The summed E-state index contributed by atoms with van der Waals surface area (Å²) in [4.78, 5) is 4.13. The van der Waals surface area contributed by atoms with Gasteiger partial charge < -0.3 is 15.2 Å². The monoisotopic (exact) mass is 270 g/mol. The van der Waals surface area contributed by atoms with E-state index in [1.165, 1.54) is 5.56 Å². The number of pyridine rings is 1. The Morgan fingerprint density at radius 2 is 2.25 bits per heavy atom. The van der Waals surface area contributed by atoms with E-state index < -0.39 is 0 Å². The van der Waals surface area contributed by atoms with Crippen LogP contribution in [0.4, 0.5) is 0 Å². The van der Waals surface area contributed by atoms with Crippen molar-refractivity contribution in [1.82, 2.24) is 4.98 Å². The zero-order valence-corrected chi connectivity index (χ0v) is 11.5. The average molecular weight is 270 g/mol. The summed E-state index contributed by atoms with van der Waals surface area (Å²) in [6.07, 6.45) is 4.56. The topological polar surface area (TPSA) is 57.4 Å². The highest BCUT2D eigenvalue weighted by molar-refractivity contribution is 5.75. The molecule has 2 aromatic rings. The maximum absolute atomic E-state index is 5.86. The summed E-state index contributed by atoms with van der Waals surface area (Å²) in [6.45, 7) is 3.12. The van der Waals surface area contributed by atoms with Crippen molar-refractivity contribution in [2.45, 2.75) is 26.0 Å². The summed E-state index contributed by atoms with van der Waals surface area (Å²) in [5.41, 5.74) is 9.23. The third-order valence-electron chi connectivity index (χ3n) is 3.52. The van der Waals surface area contributed by atoms with Crippen LogP contribution in [0.15, 0.2) is 36.7 Å². The summed E-state index contributed by atoms with van der Waals surface area (Å²) in [5.74, 6) is 1.65. The molecule has 104 valence electrons. The summed E-state index contributed by atoms with van der Waals surface area (Å²) in [6, 6.07) is 8.00. The second-order valence-electron chi connectivity index (χ2n) is 4.96. The molecule has 1 aliphatic heterocycles. The van der Waals surface area contributed by atoms with Gasteiger partial charge in [-0.3, -0.25) is 4.98 Å². The molecule has 0 bridgehead atoms. The van der Waals surface area contributed by atoms with E-state index in [-0.39, 0.29) is 6.04 Å². The number of hydrogen-bond acceptors (Lipinski definition) is 4. The molecule has 4 heteroatoms. The van der Waals surface area contributed by atoms with Gasteiger partial charge in [-0.05, 0) is 30.2 Å². The molecule has 1 aromatic carbocycles. The molecule has 0 radical (unpaired) electrons. The second-order valence-corrected chi connectivity index (χ2v) is 4.96. The zero-order chi connectivity index (χ0) is 13.9. The van der Waals surface area contributed by atoms with Gasteiger partial charge in [0.2, 0.25) is 0 Å². The van der Waals surface area contributed by atoms with Crippen LogP contribution in [-0.2, 0) is 6.61 Å². The Balaban J connectivity index is 1.85. The fraction of sp³-hybridized carbons (Fsp3) is 0.312. The minimum absolute atomic E-state index is 0.0683. The van der Waals surface area contributed by atoms with Gasteiger partial charge in [0.15, 0.2) is 0 Å². The van der Waals surface area contributed by atoms with Crippen molar-refractivity contribution >= 4 is 0 Å². The number of benzene rings is 1. The number of aromatic nitrogens is 1. The average Bonchev–Trinajstić information content (AvgIpc) is 2.52. The number of ether oxygens (including phenoxy) is 2. The third-order valence-corrected chi connectivity index (χ3v) is 3.52. The van der Waals surface area contributed by atoms with E-state index in [9.17, 15) is 0 Å². The van der Waals surface area contributed by atoms with Gasteiger partial charge in [-0.15, -0.1) is 0 Å². The molecule has 2 N–H and O–H groups in total. The SMILES string of the molecule is CC[C@H](N)COc1ccc2c(c1)OCc1cnccc1-2. The standard InChI is InChI=1S/C16H18N2O2/c1-2-12(17)10-19-13-3-4-15-14-5-6-18-8-11(14)9-20-16(15)7-13/h3-8,12H,2,9-10,17H2,1H3/t12-/m0/s1. The quantitative estimate of drug-likeness (QED) is 0.928. The number of fused-ring (bicyclic) bond motifs is 3. The van der Waals surface area contributed by atoms with Crippen molar-refractivity contribution in [1.29, 1.82) is 0 Å². The van der Waals surface area contributed by atoms with Crippen LogP contribution in [0.3, 0.4) is 0 Å². The molecule has 0 fully saturated rings. The van der Waals surface area contributed by atoms with Crippen LogP contribution >= 0.6 is 0 Å². The zero-order valence-electron chi connectivity index (χ0n) is 11.5. The number of nitrogens with zero attached hydrogens (tertiary/aromatic N) is 1. The van der Waals surface area contributed by atoms with E-state index >= 15 is 0 Å². The van der Waals surface area contributed by atoms with E-state index in [4.69, 9.17) is 15.2 Å². The van der Waals surface area contributed by atoms with Crippen LogP contribution in [0.1, 0.15) is 18.9 Å². The Bertz CT molecular complexity index is 613. The third kappa shape index (κ3) is 2.47. The van der Waals surface area contributed by atoms with Gasteiger partial charge in [-0.2, -0.15) is 0 Å². The van der Waals surface area contributed by atoms with E-state index in [2.05, 4.69) is 11.9 Å².